The van der Waals surface area contributed by atoms with Gasteiger partial charge in [-0.3, -0.25) is 4.84 Å². The number of carbonyl (C=O) groups is 1. The molecule has 48 heavy (non-hydrogen) atoms. The van der Waals surface area contributed by atoms with Crippen LogP contribution in [0.3, 0.4) is 0 Å². The maximum Gasteiger partial charge on any atom is 0.357 e. The molecule has 1 aliphatic carbocycles. The van der Waals surface area contributed by atoms with E-state index in [0.29, 0.717) is 11.3 Å². The lowest BCUT2D eigenvalue weighted by Crippen LogP contribution is -2.66. The molecule has 2 fully saturated rings. The van der Waals surface area contributed by atoms with Gasteiger partial charge in [-0.1, -0.05) is 104 Å². The Kier molecular flexibility index (Phi) is 11.2. The Morgan fingerprint density at radius 3 is 2.06 bits per heavy atom. The van der Waals surface area contributed by atoms with Crippen LogP contribution in [0.15, 0.2) is 72.4 Å². The first-order chi connectivity index (χ1) is 22.8. The maximum absolute atomic E-state index is 13.2. The Labute approximate surface area is 287 Å². The number of nitrogens with zero attached hydrogens (tertiary/aromatic N) is 2. The number of nitrogens with one attached hydrogen (secondary N) is 1. The highest BCUT2D eigenvalue weighted by Crippen LogP contribution is 2.53. The van der Waals surface area contributed by atoms with Crippen LogP contribution in [-0.4, -0.2) is 65.3 Å². The number of benzene rings is 2. The minimum atomic E-state index is -3.07. The van der Waals surface area contributed by atoms with Crippen LogP contribution in [0.4, 0.5) is 0 Å². The summed E-state index contributed by atoms with van der Waals surface area (Å²) in [6, 6.07) is 18.7. The summed E-state index contributed by atoms with van der Waals surface area (Å²) in [7, 11) is -4.40. The van der Waals surface area contributed by atoms with E-state index in [9.17, 15) is 4.79 Å². The van der Waals surface area contributed by atoms with E-state index < -0.39 is 53.2 Å². The fraction of sp³-hybridized carbons (Fsp3) is 0.556. The molecule has 2 bridgehead atoms. The van der Waals surface area contributed by atoms with Gasteiger partial charge in [-0.2, -0.15) is 5.48 Å². The van der Waals surface area contributed by atoms with Crippen LogP contribution in [0.1, 0.15) is 77.7 Å². The summed E-state index contributed by atoms with van der Waals surface area (Å²) in [5.41, 5.74) is 4.32. The zero-order valence-electron chi connectivity index (χ0n) is 29.6. The van der Waals surface area contributed by atoms with Crippen molar-refractivity contribution in [2.24, 2.45) is 0 Å². The Hall–Kier alpha value is -2.71. The summed E-state index contributed by atoms with van der Waals surface area (Å²) in [6.45, 7) is 26.1. The predicted molar refractivity (Wildman–Crippen MR) is 187 cm³/mol. The highest BCUT2D eigenvalue weighted by Gasteiger charge is 2.68. The van der Waals surface area contributed by atoms with Crippen molar-refractivity contribution >= 4 is 23.1 Å². The van der Waals surface area contributed by atoms with Crippen molar-refractivity contribution in [3.8, 4) is 0 Å². The largest absolute Gasteiger partial charge is 0.414 e. The van der Waals surface area contributed by atoms with Gasteiger partial charge in [0.1, 0.15) is 17.9 Å². The zero-order chi connectivity index (χ0) is 34.9. The van der Waals surface area contributed by atoms with Crippen molar-refractivity contribution in [1.29, 1.82) is 0 Å². The van der Waals surface area contributed by atoms with Gasteiger partial charge in [0.25, 0.3) is 0 Å². The van der Waals surface area contributed by atoms with Gasteiger partial charge in [0, 0.05) is 13.5 Å². The highest BCUT2D eigenvalue weighted by atomic mass is 28.5. The van der Waals surface area contributed by atoms with Crippen molar-refractivity contribution in [2.45, 2.75) is 121 Å². The number of hydrogen-bond acceptors (Lipinski definition) is 9. The standard InChI is InChI=1S/C36H51N3O7Si2/c1-24(2)47(25(3)4)44-33-30-21-31(37-9)36(38-41-23-28-17-13-11-14-18-28,34(33)45-48(46-47,26(5)6)27(7)8)22-32(42-30)39(10)43-35(40)29-19-15-12-16-20-29/h11-21,24-27,30,32-34,38H,22-23H2,1-8,10H3/t30?,32-,33-,34?,36?/m1/s1. The minimum absolute atomic E-state index is 0.0832. The van der Waals surface area contributed by atoms with E-state index in [0.717, 1.165) is 5.56 Å². The predicted octanol–water partition coefficient (Wildman–Crippen LogP) is 7.41. The van der Waals surface area contributed by atoms with E-state index in [4.69, 9.17) is 34.0 Å². The van der Waals surface area contributed by atoms with E-state index in [1.54, 1.807) is 31.3 Å². The van der Waals surface area contributed by atoms with Crippen molar-refractivity contribution in [3.63, 3.8) is 0 Å². The maximum atomic E-state index is 13.2. The fourth-order valence-corrected chi connectivity index (χ4v) is 18.7. The van der Waals surface area contributed by atoms with E-state index in [2.05, 4.69) is 65.7 Å². The molecule has 2 aromatic rings. The molecule has 1 N–H and O–H groups in total. The van der Waals surface area contributed by atoms with Crippen LogP contribution in [0.5, 0.6) is 0 Å². The van der Waals surface area contributed by atoms with Gasteiger partial charge in [-0.05, 0) is 45.9 Å². The minimum Gasteiger partial charge on any atom is -0.414 e. The fourth-order valence-electron chi connectivity index (χ4n) is 7.34. The molecule has 0 saturated carbocycles. The average Bonchev–Trinajstić information content (AvgIpc) is 3.40. The summed E-state index contributed by atoms with van der Waals surface area (Å²) in [5, 5.41) is 1.43. The van der Waals surface area contributed by atoms with E-state index >= 15 is 0 Å². The lowest BCUT2D eigenvalue weighted by Gasteiger charge is -2.48. The van der Waals surface area contributed by atoms with Crippen molar-refractivity contribution in [3.05, 3.63) is 95.0 Å². The first-order valence-corrected chi connectivity index (χ1v) is 21.0. The molecule has 0 radical (unpaired) electrons. The molecule has 10 nitrogen and oxygen atoms in total. The van der Waals surface area contributed by atoms with Gasteiger partial charge in [0.2, 0.25) is 0 Å². The quantitative estimate of drug-likeness (QED) is 0.147. The molecule has 0 aromatic heterocycles. The molecule has 3 heterocycles. The first-order valence-electron chi connectivity index (χ1n) is 17.0. The summed E-state index contributed by atoms with van der Waals surface area (Å²) in [4.78, 5) is 29.4. The Balaban J connectivity index is 1.63. The number of fused-ring (bicyclic) bond motifs is 2. The molecular weight excluding hydrogens is 643 g/mol. The van der Waals surface area contributed by atoms with Crippen molar-refractivity contribution in [1.82, 2.24) is 10.5 Å². The second-order valence-electron chi connectivity index (χ2n) is 14.3. The number of carbonyl (C=O) groups excluding carboxylic acids is 1. The van der Waals surface area contributed by atoms with Gasteiger partial charge in [0.15, 0.2) is 5.70 Å². The van der Waals surface area contributed by atoms with Gasteiger partial charge in [0.05, 0.1) is 31.0 Å². The summed E-state index contributed by atoms with van der Waals surface area (Å²) in [5.74, 6) is -0.508. The third kappa shape index (κ3) is 6.73. The normalized spacial score (nSPS) is 27.8. The lowest BCUT2D eigenvalue weighted by atomic mass is 9.78. The summed E-state index contributed by atoms with van der Waals surface area (Å²) < 4.78 is 29.2. The molecule has 260 valence electrons. The van der Waals surface area contributed by atoms with Crippen LogP contribution in [0, 0.1) is 6.57 Å². The molecule has 3 aliphatic heterocycles. The van der Waals surface area contributed by atoms with E-state index in [1.807, 2.05) is 42.5 Å². The highest BCUT2D eigenvalue weighted by molar-refractivity contribution is 6.84. The van der Waals surface area contributed by atoms with Crippen LogP contribution in [-0.2, 0) is 34.0 Å². The number of hydroxylamine groups is 3. The lowest BCUT2D eigenvalue weighted by molar-refractivity contribution is -0.217. The Morgan fingerprint density at radius 1 is 0.938 bits per heavy atom. The van der Waals surface area contributed by atoms with Crippen molar-refractivity contribution < 1.29 is 32.2 Å². The summed E-state index contributed by atoms with van der Waals surface area (Å²) >= 11 is 0. The number of rotatable bonds is 11. The molecule has 2 aromatic carbocycles. The number of ether oxygens (including phenoxy) is 1. The molecule has 5 atom stereocenters. The molecule has 2 saturated heterocycles. The summed E-state index contributed by atoms with van der Waals surface area (Å²) in [6.07, 6.45) is -0.745. The molecule has 0 spiro atoms. The third-order valence-corrected chi connectivity index (χ3v) is 20.2. The number of hydrogen-bond donors (Lipinski definition) is 1. The average molecular weight is 694 g/mol. The van der Waals surface area contributed by atoms with E-state index in [1.165, 1.54) is 5.06 Å². The SMILES string of the molecule is [C-]#[N+]C1=CC2O[C@@H](N(C)OC(=O)c3ccccc3)CC1(NOCc1ccccc1)C1O[Si](C(C)C)(C(C)C)O[Si](C(C)C)(C(C)C)O[C@H]21. The third-order valence-electron chi connectivity index (χ3n) is 9.97. The van der Waals surface area contributed by atoms with Crippen LogP contribution in [0.2, 0.25) is 22.2 Å². The smallest absolute Gasteiger partial charge is 0.357 e. The zero-order valence-corrected chi connectivity index (χ0v) is 31.6. The molecule has 0 amide bonds. The topological polar surface area (TPSA) is 92.1 Å². The molecule has 3 unspecified atom stereocenters. The van der Waals surface area contributed by atoms with Crippen LogP contribution in [0.25, 0.3) is 4.85 Å². The second kappa shape index (κ2) is 14.6. The molecule has 6 rings (SSSR count). The van der Waals surface area contributed by atoms with Gasteiger partial charge < -0.3 is 22.5 Å². The van der Waals surface area contributed by atoms with Gasteiger partial charge >= 0.3 is 23.1 Å². The van der Waals surface area contributed by atoms with E-state index in [-0.39, 0.29) is 35.2 Å². The Bertz CT molecular complexity index is 1470. The molecular formula is C36H51N3O7Si2. The first kappa shape index (κ1) is 36.6. The Morgan fingerprint density at radius 2 is 1.50 bits per heavy atom. The second-order valence-corrected chi connectivity index (χ2v) is 23.1. The van der Waals surface area contributed by atoms with Crippen molar-refractivity contribution in [2.75, 3.05) is 7.05 Å². The van der Waals surface area contributed by atoms with Gasteiger partial charge in [-0.15, -0.1) is 5.06 Å². The van der Waals surface area contributed by atoms with Gasteiger partial charge in [-0.25, -0.2) is 9.64 Å². The van der Waals surface area contributed by atoms with Crippen LogP contribution >= 0.6 is 0 Å². The molecule has 4 aliphatic rings. The monoisotopic (exact) mass is 693 g/mol. The van der Waals surface area contributed by atoms with Crippen LogP contribution < -0.4 is 5.48 Å². The molecule has 12 heteroatoms.